The first-order chi connectivity index (χ1) is 14.1. The average molecular weight is 394 g/mol. The van der Waals surface area contributed by atoms with E-state index in [9.17, 15) is 9.59 Å². The van der Waals surface area contributed by atoms with Crippen molar-refractivity contribution in [2.75, 3.05) is 32.2 Å². The van der Waals surface area contributed by atoms with Crippen LogP contribution in [0.2, 0.25) is 0 Å². The zero-order valence-corrected chi connectivity index (χ0v) is 16.8. The Balaban J connectivity index is 1.75. The molecule has 0 aromatic heterocycles. The zero-order chi connectivity index (χ0) is 20.8. The van der Waals surface area contributed by atoms with Gasteiger partial charge in [0, 0.05) is 37.8 Å². The molecule has 1 heterocycles. The number of methoxy groups -OCH3 is 2. The number of ether oxygens (including phenoxy) is 2. The molecule has 152 valence electrons. The van der Waals surface area contributed by atoms with Crippen molar-refractivity contribution < 1.29 is 19.1 Å². The number of anilines is 1. The highest BCUT2D eigenvalue weighted by atomic mass is 16.5. The van der Waals surface area contributed by atoms with E-state index in [4.69, 9.17) is 9.47 Å². The summed E-state index contributed by atoms with van der Waals surface area (Å²) in [6.45, 7) is 5.04. The van der Waals surface area contributed by atoms with Gasteiger partial charge in [-0.3, -0.25) is 9.59 Å². The van der Waals surface area contributed by atoms with Crippen LogP contribution >= 0.6 is 0 Å². The quantitative estimate of drug-likeness (QED) is 0.645. The maximum absolute atomic E-state index is 13.1. The molecule has 1 atom stereocenters. The number of carbonyl (C=O) groups excluding carboxylic acids is 2. The summed E-state index contributed by atoms with van der Waals surface area (Å²) in [5.74, 6) is 0.638. The molecule has 1 aliphatic heterocycles. The van der Waals surface area contributed by atoms with E-state index in [2.05, 4.69) is 6.58 Å². The van der Waals surface area contributed by atoms with Crippen LogP contribution in [0.3, 0.4) is 0 Å². The molecule has 2 aromatic carbocycles. The molecule has 29 heavy (non-hydrogen) atoms. The molecule has 0 spiro atoms. The Kier molecular flexibility index (Phi) is 6.54. The highest BCUT2D eigenvalue weighted by molar-refractivity contribution is 6.00. The predicted octanol–water partition coefficient (Wildman–Crippen LogP) is 3.27. The van der Waals surface area contributed by atoms with Gasteiger partial charge in [-0.1, -0.05) is 36.4 Å². The topological polar surface area (TPSA) is 59.1 Å². The van der Waals surface area contributed by atoms with E-state index in [1.807, 2.05) is 30.3 Å². The van der Waals surface area contributed by atoms with E-state index in [1.54, 1.807) is 48.3 Å². The molecular formula is C23H26N2O4. The van der Waals surface area contributed by atoms with E-state index >= 15 is 0 Å². The van der Waals surface area contributed by atoms with E-state index in [0.717, 1.165) is 5.56 Å². The van der Waals surface area contributed by atoms with Crippen LogP contribution in [0.15, 0.2) is 61.2 Å². The predicted molar refractivity (Wildman–Crippen MR) is 112 cm³/mol. The molecule has 0 radical (unpaired) electrons. The van der Waals surface area contributed by atoms with Crippen molar-refractivity contribution in [3.8, 4) is 11.5 Å². The van der Waals surface area contributed by atoms with Crippen molar-refractivity contribution in [2.24, 2.45) is 5.92 Å². The molecule has 0 bridgehead atoms. The third kappa shape index (κ3) is 4.59. The minimum Gasteiger partial charge on any atom is -0.493 e. The monoisotopic (exact) mass is 394 g/mol. The van der Waals surface area contributed by atoms with Crippen LogP contribution in [-0.4, -0.2) is 44.0 Å². The van der Waals surface area contributed by atoms with Crippen molar-refractivity contribution >= 4 is 17.5 Å². The average Bonchev–Trinajstić information content (AvgIpc) is 3.14. The van der Waals surface area contributed by atoms with Crippen molar-refractivity contribution in [3.63, 3.8) is 0 Å². The van der Waals surface area contributed by atoms with Crippen LogP contribution in [0, 0.1) is 5.92 Å². The van der Waals surface area contributed by atoms with Gasteiger partial charge in [0.15, 0.2) is 11.5 Å². The Morgan fingerprint density at radius 3 is 2.55 bits per heavy atom. The Morgan fingerprint density at radius 2 is 1.90 bits per heavy atom. The van der Waals surface area contributed by atoms with E-state index in [0.29, 0.717) is 36.8 Å². The van der Waals surface area contributed by atoms with Gasteiger partial charge in [0.25, 0.3) is 0 Å². The molecule has 0 N–H and O–H groups in total. The highest BCUT2D eigenvalue weighted by Crippen LogP contribution is 2.34. The first kappa shape index (κ1) is 20.5. The third-order valence-electron chi connectivity index (χ3n) is 5.03. The fraction of sp³-hybridized carbons (Fsp3) is 0.304. The number of hydrogen-bond acceptors (Lipinski definition) is 4. The van der Waals surface area contributed by atoms with Gasteiger partial charge in [0.1, 0.15) is 0 Å². The summed E-state index contributed by atoms with van der Waals surface area (Å²) in [5, 5.41) is 0. The van der Waals surface area contributed by atoms with Gasteiger partial charge in [0.2, 0.25) is 11.8 Å². The lowest BCUT2D eigenvalue weighted by molar-refractivity contribution is -0.135. The van der Waals surface area contributed by atoms with Crippen LogP contribution in [0.4, 0.5) is 5.69 Å². The van der Waals surface area contributed by atoms with Crippen LogP contribution < -0.4 is 14.4 Å². The second-order valence-electron chi connectivity index (χ2n) is 6.94. The van der Waals surface area contributed by atoms with E-state index in [-0.39, 0.29) is 24.2 Å². The van der Waals surface area contributed by atoms with Crippen LogP contribution in [0.5, 0.6) is 11.5 Å². The molecular weight excluding hydrogens is 368 g/mol. The molecule has 1 aliphatic rings. The summed E-state index contributed by atoms with van der Waals surface area (Å²) in [4.78, 5) is 29.2. The summed E-state index contributed by atoms with van der Waals surface area (Å²) >= 11 is 0. The van der Waals surface area contributed by atoms with Gasteiger partial charge in [-0.2, -0.15) is 0 Å². The minimum atomic E-state index is -0.390. The number of amides is 2. The largest absolute Gasteiger partial charge is 0.493 e. The maximum atomic E-state index is 13.1. The van der Waals surface area contributed by atoms with Crippen molar-refractivity contribution in [2.45, 2.75) is 13.0 Å². The van der Waals surface area contributed by atoms with Crippen LogP contribution in [0.1, 0.15) is 12.0 Å². The lowest BCUT2D eigenvalue weighted by atomic mass is 10.1. The zero-order valence-electron chi connectivity index (χ0n) is 16.8. The molecule has 1 saturated heterocycles. The third-order valence-corrected chi connectivity index (χ3v) is 5.03. The smallest absolute Gasteiger partial charge is 0.228 e. The molecule has 2 aromatic rings. The fourth-order valence-corrected chi connectivity index (χ4v) is 3.57. The lowest BCUT2D eigenvalue weighted by Gasteiger charge is -2.25. The first-order valence-corrected chi connectivity index (χ1v) is 9.53. The van der Waals surface area contributed by atoms with Crippen molar-refractivity contribution in [1.29, 1.82) is 0 Å². The number of nitrogens with zero attached hydrogens (tertiary/aromatic N) is 2. The number of rotatable bonds is 8. The van der Waals surface area contributed by atoms with Gasteiger partial charge in [0.05, 0.1) is 20.1 Å². The number of benzene rings is 2. The molecule has 0 aliphatic carbocycles. The molecule has 0 saturated carbocycles. The molecule has 1 unspecified atom stereocenters. The summed E-state index contributed by atoms with van der Waals surface area (Å²) in [6.07, 6.45) is 1.90. The van der Waals surface area contributed by atoms with Crippen molar-refractivity contribution in [3.05, 3.63) is 66.7 Å². The number of carbonyl (C=O) groups is 2. The first-order valence-electron chi connectivity index (χ1n) is 9.53. The molecule has 6 nitrogen and oxygen atoms in total. The summed E-state index contributed by atoms with van der Waals surface area (Å²) in [5.41, 5.74) is 1.74. The molecule has 2 amide bonds. The fourth-order valence-electron chi connectivity index (χ4n) is 3.57. The van der Waals surface area contributed by atoms with E-state index < -0.39 is 0 Å². The Hall–Kier alpha value is -3.28. The second kappa shape index (κ2) is 9.28. The Morgan fingerprint density at radius 1 is 1.17 bits per heavy atom. The maximum Gasteiger partial charge on any atom is 0.228 e. The summed E-state index contributed by atoms with van der Waals surface area (Å²) in [6, 6.07) is 15.1. The Bertz CT molecular complexity index is 882. The SMILES string of the molecule is C=CCN(Cc1ccccc1)C(=O)C1CC(=O)N(c2ccc(OC)c(OC)c2)C1. The summed E-state index contributed by atoms with van der Waals surface area (Å²) in [7, 11) is 3.12. The van der Waals surface area contributed by atoms with Gasteiger partial charge in [-0.25, -0.2) is 0 Å². The van der Waals surface area contributed by atoms with Crippen molar-refractivity contribution in [1.82, 2.24) is 4.90 Å². The standard InChI is InChI=1S/C23H26N2O4/c1-4-12-24(15-17-8-6-5-7-9-17)23(27)18-13-22(26)25(16-18)19-10-11-20(28-2)21(14-19)29-3/h4-11,14,18H,1,12-13,15-16H2,2-3H3. The highest BCUT2D eigenvalue weighted by Gasteiger charge is 2.37. The lowest BCUT2D eigenvalue weighted by Crippen LogP contribution is -2.37. The molecule has 1 fully saturated rings. The molecule has 3 rings (SSSR count). The van der Waals surface area contributed by atoms with Gasteiger partial charge < -0.3 is 19.3 Å². The Labute approximate surface area is 171 Å². The normalized spacial score (nSPS) is 15.9. The minimum absolute atomic E-state index is 0.0370. The van der Waals surface area contributed by atoms with Gasteiger partial charge in [-0.05, 0) is 17.7 Å². The van der Waals surface area contributed by atoms with E-state index in [1.165, 1.54) is 0 Å². The van der Waals surface area contributed by atoms with Gasteiger partial charge in [-0.15, -0.1) is 6.58 Å². The summed E-state index contributed by atoms with van der Waals surface area (Å²) < 4.78 is 10.6. The molecule has 6 heteroatoms. The second-order valence-corrected chi connectivity index (χ2v) is 6.94. The van der Waals surface area contributed by atoms with Crippen LogP contribution in [-0.2, 0) is 16.1 Å². The van der Waals surface area contributed by atoms with Crippen LogP contribution in [0.25, 0.3) is 0 Å². The number of hydrogen-bond donors (Lipinski definition) is 0. The van der Waals surface area contributed by atoms with Gasteiger partial charge >= 0.3 is 0 Å².